The fourth-order valence-electron chi connectivity index (χ4n) is 4.94. The molecule has 0 spiro atoms. The molecule has 5 aromatic rings. The van der Waals surface area contributed by atoms with Gasteiger partial charge in [0.15, 0.2) is 0 Å². The van der Waals surface area contributed by atoms with Gasteiger partial charge < -0.3 is 14.5 Å². The molecule has 1 fully saturated rings. The number of anilines is 2. The average Bonchev–Trinajstić information content (AvgIpc) is 3.49. The van der Waals surface area contributed by atoms with Crippen LogP contribution >= 0.6 is 11.6 Å². The van der Waals surface area contributed by atoms with E-state index in [4.69, 9.17) is 20.8 Å². The molecule has 0 aliphatic carbocycles. The number of halogens is 1. The van der Waals surface area contributed by atoms with Crippen molar-refractivity contribution in [3.05, 3.63) is 113 Å². The van der Waals surface area contributed by atoms with Gasteiger partial charge in [-0.3, -0.25) is 9.88 Å². The van der Waals surface area contributed by atoms with Crippen LogP contribution in [0.5, 0.6) is 0 Å². The average molecular weight is 535 g/mol. The Morgan fingerprint density at radius 2 is 1.77 bits per heavy atom. The second-order valence-corrected chi connectivity index (χ2v) is 10.1. The molecule has 0 radical (unpaired) electrons. The molecule has 0 bridgehead atoms. The van der Waals surface area contributed by atoms with Crippen molar-refractivity contribution in [2.75, 3.05) is 31.6 Å². The summed E-state index contributed by atoms with van der Waals surface area (Å²) in [6.07, 6.45) is 5.69. The zero-order valence-electron chi connectivity index (χ0n) is 21.4. The first-order valence-electron chi connectivity index (χ1n) is 12.9. The van der Waals surface area contributed by atoms with Gasteiger partial charge in [0.05, 0.1) is 42.5 Å². The van der Waals surface area contributed by atoms with Gasteiger partial charge in [-0.25, -0.2) is 0 Å². The molecule has 3 aromatic carbocycles. The summed E-state index contributed by atoms with van der Waals surface area (Å²) in [6.45, 7) is 4.48. The SMILES string of the molecule is N#Cc1cnc2cc(-c3ccc(CN4CCOCC4)cc3)ccc2c1Nc1ccc(Cc2ccoc2)c(Cl)c1. The van der Waals surface area contributed by atoms with Gasteiger partial charge in [-0.1, -0.05) is 54.1 Å². The minimum atomic E-state index is 0.473. The number of nitrogens with one attached hydrogen (secondary N) is 1. The molecule has 194 valence electrons. The summed E-state index contributed by atoms with van der Waals surface area (Å²) < 4.78 is 10.6. The quantitative estimate of drug-likeness (QED) is 0.238. The standard InChI is InChI=1S/C32H27ClN4O2/c33-30-17-28(7-5-26(30)15-23-9-12-39-21-23)36-32-27(18-34)19-35-31-16-25(6-8-29(31)32)24-3-1-22(2-4-24)20-37-10-13-38-14-11-37/h1-9,12,16-17,19,21H,10-11,13-15,20H2,(H,35,36). The summed E-state index contributed by atoms with van der Waals surface area (Å²) in [5.41, 5.74) is 8.37. The molecule has 1 N–H and O–H groups in total. The number of aromatic nitrogens is 1. The highest BCUT2D eigenvalue weighted by atomic mass is 35.5. The monoisotopic (exact) mass is 534 g/mol. The Hall–Kier alpha value is -4.15. The predicted octanol–water partition coefficient (Wildman–Crippen LogP) is 7.19. The van der Waals surface area contributed by atoms with Gasteiger partial charge in [-0.2, -0.15) is 5.26 Å². The van der Waals surface area contributed by atoms with Crippen LogP contribution in [0.15, 0.2) is 89.9 Å². The maximum atomic E-state index is 9.80. The smallest absolute Gasteiger partial charge is 0.103 e. The van der Waals surface area contributed by atoms with Crippen LogP contribution in [0.1, 0.15) is 22.3 Å². The number of benzene rings is 3. The Labute approximate surface area is 232 Å². The van der Waals surface area contributed by atoms with Crippen LogP contribution in [-0.4, -0.2) is 36.2 Å². The van der Waals surface area contributed by atoms with E-state index in [1.807, 2.05) is 30.3 Å². The van der Waals surface area contributed by atoms with E-state index in [0.29, 0.717) is 22.7 Å². The van der Waals surface area contributed by atoms with Gasteiger partial charge >= 0.3 is 0 Å². The highest BCUT2D eigenvalue weighted by Crippen LogP contribution is 2.33. The highest BCUT2D eigenvalue weighted by molar-refractivity contribution is 6.31. The fourth-order valence-corrected chi connectivity index (χ4v) is 5.19. The van der Waals surface area contributed by atoms with Crippen molar-refractivity contribution in [2.24, 2.45) is 0 Å². The Kier molecular flexibility index (Phi) is 7.29. The summed E-state index contributed by atoms with van der Waals surface area (Å²) >= 11 is 6.60. The number of furan rings is 1. The topological polar surface area (TPSA) is 74.3 Å². The van der Waals surface area contributed by atoms with Crippen molar-refractivity contribution in [3.63, 3.8) is 0 Å². The minimum absolute atomic E-state index is 0.473. The lowest BCUT2D eigenvalue weighted by Gasteiger charge is -2.26. The van der Waals surface area contributed by atoms with Crippen LogP contribution in [0.25, 0.3) is 22.0 Å². The lowest BCUT2D eigenvalue weighted by atomic mass is 10.0. The molecule has 3 heterocycles. The molecule has 1 aliphatic heterocycles. The van der Waals surface area contributed by atoms with E-state index in [-0.39, 0.29) is 0 Å². The van der Waals surface area contributed by atoms with Crippen LogP contribution < -0.4 is 5.32 Å². The molecule has 6 nitrogen and oxygen atoms in total. The first kappa shape index (κ1) is 25.1. The minimum Gasteiger partial charge on any atom is -0.472 e. The summed E-state index contributed by atoms with van der Waals surface area (Å²) in [7, 11) is 0. The van der Waals surface area contributed by atoms with E-state index in [0.717, 1.165) is 71.7 Å². The van der Waals surface area contributed by atoms with E-state index >= 15 is 0 Å². The van der Waals surface area contributed by atoms with Crippen LogP contribution in [0.2, 0.25) is 5.02 Å². The van der Waals surface area contributed by atoms with Gasteiger partial charge in [0.1, 0.15) is 6.07 Å². The molecule has 0 amide bonds. The molecule has 1 aliphatic rings. The number of hydrogen-bond donors (Lipinski definition) is 1. The van der Waals surface area contributed by atoms with Crippen molar-refractivity contribution < 1.29 is 9.15 Å². The third-order valence-corrected chi connectivity index (χ3v) is 7.44. The first-order valence-corrected chi connectivity index (χ1v) is 13.3. The lowest BCUT2D eigenvalue weighted by molar-refractivity contribution is 0.0342. The summed E-state index contributed by atoms with van der Waals surface area (Å²) in [5, 5.41) is 14.7. The largest absolute Gasteiger partial charge is 0.472 e. The molecule has 0 saturated carbocycles. The van der Waals surface area contributed by atoms with Crippen molar-refractivity contribution in [2.45, 2.75) is 13.0 Å². The number of nitriles is 1. The second-order valence-electron chi connectivity index (χ2n) is 9.72. The molecule has 2 aromatic heterocycles. The molecule has 6 rings (SSSR count). The third kappa shape index (κ3) is 5.67. The molecule has 1 saturated heterocycles. The van der Waals surface area contributed by atoms with Gasteiger partial charge in [0.25, 0.3) is 0 Å². The third-order valence-electron chi connectivity index (χ3n) is 7.08. The number of fused-ring (bicyclic) bond motifs is 1. The molecule has 0 unspecified atom stereocenters. The number of pyridine rings is 1. The number of rotatable bonds is 7. The Morgan fingerprint density at radius 1 is 0.949 bits per heavy atom. The Morgan fingerprint density at radius 3 is 2.51 bits per heavy atom. The summed E-state index contributed by atoms with van der Waals surface area (Å²) in [5.74, 6) is 0. The normalized spacial score (nSPS) is 13.8. The van der Waals surface area contributed by atoms with Crippen LogP contribution in [-0.2, 0) is 17.7 Å². The molecule has 0 atom stereocenters. The lowest BCUT2D eigenvalue weighted by Crippen LogP contribution is -2.35. The van der Waals surface area contributed by atoms with Gasteiger partial charge in [0.2, 0.25) is 0 Å². The van der Waals surface area contributed by atoms with Gasteiger partial charge in [0, 0.05) is 48.3 Å². The number of morpholine rings is 1. The maximum absolute atomic E-state index is 9.80. The fraction of sp³-hybridized carbons (Fsp3) is 0.188. The van der Waals surface area contributed by atoms with Crippen LogP contribution in [0, 0.1) is 11.3 Å². The molecular weight excluding hydrogens is 508 g/mol. The Bertz CT molecular complexity index is 1640. The van der Waals surface area contributed by atoms with Crippen molar-refractivity contribution in [1.82, 2.24) is 9.88 Å². The second kappa shape index (κ2) is 11.3. The van der Waals surface area contributed by atoms with Crippen LogP contribution in [0.4, 0.5) is 11.4 Å². The van der Waals surface area contributed by atoms with Gasteiger partial charge in [-0.15, -0.1) is 0 Å². The van der Waals surface area contributed by atoms with Crippen molar-refractivity contribution >= 4 is 33.9 Å². The van der Waals surface area contributed by atoms with E-state index in [1.165, 1.54) is 5.56 Å². The first-order chi connectivity index (χ1) is 19.2. The summed E-state index contributed by atoms with van der Waals surface area (Å²) in [6, 6.07) is 24.9. The van der Waals surface area contributed by atoms with E-state index in [9.17, 15) is 5.26 Å². The van der Waals surface area contributed by atoms with Crippen molar-refractivity contribution in [1.29, 1.82) is 5.26 Å². The van der Waals surface area contributed by atoms with Crippen LogP contribution in [0.3, 0.4) is 0 Å². The zero-order valence-corrected chi connectivity index (χ0v) is 22.1. The molecule has 7 heteroatoms. The van der Waals surface area contributed by atoms with Crippen molar-refractivity contribution in [3.8, 4) is 17.2 Å². The number of nitrogens with zero attached hydrogens (tertiary/aromatic N) is 3. The van der Waals surface area contributed by atoms with E-state index in [1.54, 1.807) is 18.7 Å². The zero-order chi connectivity index (χ0) is 26.6. The van der Waals surface area contributed by atoms with Gasteiger partial charge in [-0.05, 0) is 52.1 Å². The predicted molar refractivity (Wildman–Crippen MR) is 154 cm³/mol. The highest BCUT2D eigenvalue weighted by Gasteiger charge is 2.13. The number of ether oxygens (including phenoxy) is 1. The Balaban J connectivity index is 1.24. The van der Waals surface area contributed by atoms with E-state index in [2.05, 4.69) is 57.7 Å². The molecule has 39 heavy (non-hydrogen) atoms. The molecular formula is C32H27ClN4O2. The maximum Gasteiger partial charge on any atom is 0.103 e. The number of hydrogen-bond acceptors (Lipinski definition) is 6. The summed E-state index contributed by atoms with van der Waals surface area (Å²) in [4.78, 5) is 7.01. The van der Waals surface area contributed by atoms with E-state index < -0.39 is 0 Å².